The molecule has 5 heteroatoms. The van der Waals surface area contributed by atoms with Gasteiger partial charge in [-0.15, -0.1) is 0 Å². The van der Waals surface area contributed by atoms with Crippen molar-refractivity contribution in [2.45, 2.75) is 26.1 Å². The number of benzene rings is 1. The SMILES string of the molecule is CC(C)C1CNCCN1c1cccc(C(F)(F)F)c1. The van der Waals surface area contributed by atoms with Crippen LogP contribution in [0.25, 0.3) is 0 Å². The van der Waals surface area contributed by atoms with Gasteiger partial charge in [0.2, 0.25) is 0 Å². The van der Waals surface area contributed by atoms with E-state index in [0.717, 1.165) is 25.7 Å². The molecule has 0 amide bonds. The van der Waals surface area contributed by atoms with Crippen LogP contribution in [0.1, 0.15) is 19.4 Å². The highest BCUT2D eigenvalue weighted by atomic mass is 19.4. The van der Waals surface area contributed by atoms with Gasteiger partial charge in [-0.25, -0.2) is 0 Å². The van der Waals surface area contributed by atoms with Crippen molar-refractivity contribution in [3.63, 3.8) is 0 Å². The van der Waals surface area contributed by atoms with Crippen LogP contribution in [0, 0.1) is 5.92 Å². The van der Waals surface area contributed by atoms with Crippen molar-refractivity contribution in [3.8, 4) is 0 Å². The van der Waals surface area contributed by atoms with Crippen LogP contribution in [0.4, 0.5) is 18.9 Å². The molecule has 0 aromatic heterocycles. The van der Waals surface area contributed by atoms with Crippen molar-refractivity contribution in [1.29, 1.82) is 0 Å². The Bertz CT molecular complexity index is 429. The molecular formula is C14H19F3N2. The molecule has 1 aliphatic rings. The largest absolute Gasteiger partial charge is 0.416 e. The molecule has 1 aliphatic heterocycles. The van der Waals surface area contributed by atoms with Crippen molar-refractivity contribution in [2.75, 3.05) is 24.5 Å². The summed E-state index contributed by atoms with van der Waals surface area (Å²) in [5, 5.41) is 3.30. The maximum Gasteiger partial charge on any atom is 0.416 e. The second-order valence-corrected chi connectivity index (χ2v) is 5.26. The number of anilines is 1. The number of nitrogens with one attached hydrogen (secondary N) is 1. The molecule has 1 atom stereocenters. The first kappa shape index (κ1) is 14.2. The van der Waals surface area contributed by atoms with E-state index in [1.54, 1.807) is 6.07 Å². The second kappa shape index (κ2) is 5.41. The highest BCUT2D eigenvalue weighted by Gasteiger charge is 2.32. The lowest BCUT2D eigenvalue weighted by Crippen LogP contribution is -2.53. The van der Waals surface area contributed by atoms with Crippen molar-refractivity contribution in [2.24, 2.45) is 5.92 Å². The molecule has 0 bridgehead atoms. The van der Waals surface area contributed by atoms with Gasteiger partial charge < -0.3 is 10.2 Å². The number of nitrogens with zero attached hydrogens (tertiary/aromatic N) is 1. The predicted molar refractivity (Wildman–Crippen MR) is 70.3 cm³/mol. The van der Waals surface area contributed by atoms with Gasteiger partial charge in [0.05, 0.1) is 5.56 Å². The fourth-order valence-electron chi connectivity index (χ4n) is 2.50. The molecule has 1 aromatic carbocycles. The molecule has 1 aromatic rings. The lowest BCUT2D eigenvalue weighted by Gasteiger charge is -2.40. The summed E-state index contributed by atoms with van der Waals surface area (Å²) in [6.07, 6.45) is -4.28. The Morgan fingerprint density at radius 2 is 2.05 bits per heavy atom. The van der Waals surface area contributed by atoms with Crippen LogP contribution in [-0.2, 0) is 6.18 Å². The van der Waals surface area contributed by atoms with E-state index in [1.165, 1.54) is 12.1 Å². The van der Waals surface area contributed by atoms with Gasteiger partial charge in [-0.1, -0.05) is 19.9 Å². The third-order valence-electron chi connectivity index (χ3n) is 3.56. The Hall–Kier alpha value is -1.23. The van der Waals surface area contributed by atoms with Gasteiger partial charge in [-0.3, -0.25) is 0 Å². The predicted octanol–water partition coefficient (Wildman–Crippen LogP) is 3.14. The summed E-state index contributed by atoms with van der Waals surface area (Å²) in [5.41, 5.74) is 0.0843. The minimum Gasteiger partial charge on any atom is -0.366 e. The smallest absolute Gasteiger partial charge is 0.366 e. The van der Waals surface area contributed by atoms with Gasteiger partial charge in [0.1, 0.15) is 0 Å². The van der Waals surface area contributed by atoms with E-state index < -0.39 is 11.7 Å². The van der Waals surface area contributed by atoms with Crippen LogP contribution >= 0.6 is 0 Å². The highest BCUT2D eigenvalue weighted by Crippen LogP contribution is 2.32. The Kier molecular flexibility index (Phi) is 4.04. The molecule has 1 N–H and O–H groups in total. The van der Waals surface area contributed by atoms with E-state index in [0.29, 0.717) is 11.6 Å². The number of hydrogen-bond donors (Lipinski definition) is 1. The van der Waals surface area contributed by atoms with Gasteiger partial charge in [-0.2, -0.15) is 13.2 Å². The maximum absolute atomic E-state index is 12.8. The second-order valence-electron chi connectivity index (χ2n) is 5.26. The minimum atomic E-state index is -4.28. The summed E-state index contributed by atoms with van der Waals surface area (Å²) >= 11 is 0. The quantitative estimate of drug-likeness (QED) is 0.889. The first-order valence-corrected chi connectivity index (χ1v) is 6.54. The molecule has 0 spiro atoms. The van der Waals surface area contributed by atoms with E-state index in [-0.39, 0.29) is 6.04 Å². The van der Waals surface area contributed by atoms with E-state index in [4.69, 9.17) is 0 Å². The van der Waals surface area contributed by atoms with Crippen LogP contribution < -0.4 is 10.2 Å². The van der Waals surface area contributed by atoms with Crippen LogP contribution in [0.5, 0.6) is 0 Å². The van der Waals surface area contributed by atoms with Crippen molar-refractivity contribution >= 4 is 5.69 Å². The van der Waals surface area contributed by atoms with Gasteiger partial charge in [-0.05, 0) is 24.1 Å². The molecule has 1 heterocycles. The lowest BCUT2D eigenvalue weighted by atomic mass is 9.99. The van der Waals surface area contributed by atoms with E-state index in [2.05, 4.69) is 24.1 Å². The lowest BCUT2D eigenvalue weighted by molar-refractivity contribution is -0.137. The number of rotatable bonds is 2. The molecule has 1 unspecified atom stereocenters. The Morgan fingerprint density at radius 3 is 2.68 bits per heavy atom. The zero-order valence-corrected chi connectivity index (χ0v) is 11.2. The van der Waals surface area contributed by atoms with E-state index >= 15 is 0 Å². The maximum atomic E-state index is 12.8. The average molecular weight is 272 g/mol. The number of halogens is 3. The molecule has 2 rings (SSSR count). The first-order chi connectivity index (χ1) is 8.89. The van der Waals surface area contributed by atoms with Crippen LogP contribution in [0.2, 0.25) is 0 Å². The summed E-state index contributed by atoms with van der Waals surface area (Å²) in [4.78, 5) is 2.08. The van der Waals surface area contributed by atoms with Crippen molar-refractivity contribution in [3.05, 3.63) is 29.8 Å². The summed E-state index contributed by atoms with van der Waals surface area (Å²) in [5.74, 6) is 0.391. The van der Waals surface area contributed by atoms with E-state index in [9.17, 15) is 13.2 Å². The molecule has 0 saturated carbocycles. The molecule has 1 saturated heterocycles. The zero-order chi connectivity index (χ0) is 14.0. The number of hydrogen-bond acceptors (Lipinski definition) is 2. The molecule has 0 aliphatic carbocycles. The standard InChI is InChI=1S/C14H19F3N2/c1-10(2)13-9-18-6-7-19(13)12-5-3-4-11(8-12)14(15,16)17/h3-5,8,10,13,18H,6-7,9H2,1-2H3. The third kappa shape index (κ3) is 3.21. The fourth-order valence-corrected chi connectivity index (χ4v) is 2.50. The number of piperazine rings is 1. The Balaban J connectivity index is 2.29. The summed E-state index contributed by atoms with van der Waals surface area (Å²) in [6, 6.07) is 5.85. The van der Waals surface area contributed by atoms with Gasteiger partial charge >= 0.3 is 6.18 Å². The topological polar surface area (TPSA) is 15.3 Å². The fraction of sp³-hybridized carbons (Fsp3) is 0.571. The average Bonchev–Trinajstić information content (AvgIpc) is 2.38. The summed E-state index contributed by atoms with van der Waals surface area (Å²) < 4.78 is 38.3. The Labute approximate surface area is 111 Å². The molecule has 0 radical (unpaired) electrons. The Morgan fingerprint density at radius 1 is 1.32 bits per heavy atom. The van der Waals surface area contributed by atoms with E-state index in [1.807, 2.05) is 0 Å². The van der Waals surface area contributed by atoms with Crippen LogP contribution in [-0.4, -0.2) is 25.7 Å². The van der Waals surface area contributed by atoms with Gasteiger partial charge in [0.25, 0.3) is 0 Å². The van der Waals surface area contributed by atoms with Gasteiger partial charge in [0.15, 0.2) is 0 Å². The third-order valence-corrected chi connectivity index (χ3v) is 3.56. The monoisotopic (exact) mass is 272 g/mol. The molecule has 106 valence electrons. The molecule has 2 nitrogen and oxygen atoms in total. The highest BCUT2D eigenvalue weighted by molar-refractivity contribution is 5.51. The summed E-state index contributed by atoms with van der Waals surface area (Å²) in [7, 11) is 0. The molecule has 1 fully saturated rings. The molecule has 19 heavy (non-hydrogen) atoms. The number of alkyl halides is 3. The van der Waals surface area contributed by atoms with Crippen molar-refractivity contribution < 1.29 is 13.2 Å². The normalized spacial score (nSPS) is 20.9. The van der Waals surface area contributed by atoms with Gasteiger partial charge in [0, 0.05) is 31.4 Å². The van der Waals surface area contributed by atoms with Crippen LogP contribution in [0.15, 0.2) is 24.3 Å². The molecular weight excluding hydrogens is 253 g/mol. The summed E-state index contributed by atoms with van der Waals surface area (Å²) in [6.45, 7) is 6.55. The first-order valence-electron chi connectivity index (χ1n) is 6.54. The van der Waals surface area contributed by atoms with Crippen molar-refractivity contribution in [1.82, 2.24) is 5.32 Å². The minimum absolute atomic E-state index is 0.234. The zero-order valence-electron chi connectivity index (χ0n) is 11.2. The van der Waals surface area contributed by atoms with Crippen LogP contribution in [0.3, 0.4) is 0 Å².